The third-order valence-electron chi connectivity index (χ3n) is 6.05. The van der Waals surface area contributed by atoms with E-state index in [0.29, 0.717) is 12.4 Å². The molecule has 33 heavy (non-hydrogen) atoms. The van der Waals surface area contributed by atoms with E-state index in [0.717, 1.165) is 23.1 Å². The zero-order chi connectivity index (χ0) is 22.9. The molecule has 0 saturated heterocycles. The van der Waals surface area contributed by atoms with E-state index in [1.165, 1.54) is 6.20 Å². The molecule has 1 aliphatic rings. The van der Waals surface area contributed by atoms with Crippen LogP contribution in [-0.2, 0) is 22.0 Å². The number of aryl methyl sites for hydroxylation is 1. The SMILES string of the molecule is CC1CCn2ncc(S(=N)(=O)NC(c3ccccc3)(c3ccccc3)c3ccccc3)c2O1. The van der Waals surface area contributed by atoms with Gasteiger partial charge in [-0.25, -0.2) is 18.4 Å². The number of rotatable bonds is 6. The summed E-state index contributed by atoms with van der Waals surface area (Å²) in [4.78, 5) is 0.265. The van der Waals surface area contributed by atoms with Crippen LogP contribution in [0.1, 0.15) is 30.0 Å². The van der Waals surface area contributed by atoms with Crippen molar-refractivity contribution < 1.29 is 8.95 Å². The second-order valence-corrected chi connectivity index (χ2v) is 10.0. The molecule has 0 spiro atoms. The Labute approximate surface area is 194 Å². The quantitative estimate of drug-likeness (QED) is 0.401. The predicted octanol–water partition coefficient (Wildman–Crippen LogP) is 4.96. The average Bonchev–Trinajstić information content (AvgIpc) is 3.28. The molecule has 0 saturated carbocycles. The van der Waals surface area contributed by atoms with Crippen LogP contribution in [0, 0.1) is 4.78 Å². The Bertz CT molecular complexity index is 1240. The van der Waals surface area contributed by atoms with Crippen LogP contribution in [0.15, 0.2) is 102 Å². The van der Waals surface area contributed by atoms with Crippen molar-refractivity contribution >= 4 is 9.92 Å². The summed E-state index contributed by atoms with van der Waals surface area (Å²) in [6.45, 7) is 2.65. The predicted molar refractivity (Wildman–Crippen MR) is 128 cm³/mol. The van der Waals surface area contributed by atoms with Crippen molar-refractivity contribution in [2.75, 3.05) is 0 Å². The Balaban J connectivity index is 1.73. The molecule has 0 amide bonds. The summed E-state index contributed by atoms with van der Waals surface area (Å²) in [5, 5.41) is 4.36. The number of fused-ring (bicyclic) bond motifs is 1. The van der Waals surface area contributed by atoms with Crippen LogP contribution in [-0.4, -0.2) is 20.1 Å². The second-order valence-electron chi connectivity index (χ2n) is 8.26. The van der Waals surface area contributed by atoms with Gasteiger partial charge in [-0.05, 0) is 23.6 Å². The van der Waals surface area contributed by atoms with Crippen LogP contribution >= 0.6 is 0 Å². The Kier molecular flexibility index (Phi) is 5.52. The fraction of sp³-hybridized carbons (Fsp3) is 0.192. The summed E-state index contributed by atoms with van der Waals surface area (Å²) in [6, 6.07) is 29.5. The first-order valence-electron chi connectivity index (χ1n) is 11.0. The minimum atomic E-state index is -3.54. The highest BCUT2D eigenvalue weighted by Gasteiger charge is 2.41. The van der Waals surface area contributed by atoms with Gasteiger partial charge in [0, 0.05) is 13.0 Å². The van der Waals surface area contributed by atoms with E-state index in [9.17, 15) is 4.21 Å². The summed E-state index contributed by atoms with van der Waals surface area (Å²) in [7, 11) is -3.54. The topological polar surface area (TPSA) is 80.0 Å². The fourth-order valence-electron chi connectivity index (χ4n) is 4.40. The van der Waals surface area contributed by atoms with E-state index in [2.05, 4.69) is 9.82 Å². The Morgan fingerprint density at radius 3 is 1.91 bits per heavy atom. The van der Waals surface area contributed by atoms with E-state index < -0.39 is 15.5 Å². The standard InChI is InChI=1S/C26H26N4O2S/c1-20-17-18-30-25(32-20)24(19-28-30)33(27,31)29-26(21-11-5-2-6-12-21,22-13-7-3-8-14-22)23-15-9-4-10-16-23/h2-16,19-20H,17-18H2,1H3,(H2,27,29,31). The van der Waals surface area contributed by atoms with Gasteiger partial charge in [0.1, 0.15) is 20.3 Å². The number of hydrogen-bond acceptors (Lipinski definition) is 4. The molecule has 3 aromatic carbocycles. The van der Waals surface area contributed by atoms with Gasteiger partial charge in [-0.2, -0.15) is 5.10 Å². The van der Waals surface area contributed by atoms with Crippen molar-refractivity contribution in [1.82, 2.24) is 14.5 Å². The molecule has 1 aromatic heterocycles. The molecular formula is C26H26N4O2S. The molecule has 2 N–H and O–H groups in total. The number of nitrogens with zero attached hydrogens (tertiary/aromatic N) is 2. The zero-order valence-electron chi connectivity index (χ0n) is 18.3. The monoisotopic (exact) mass is 458 g/mol. The molecular weight excluding hydrogens is 432 g/mol. The molecule has 0 bridgehead atoms. The molecule has 6 nitrogen and oxygen atoms in total. The van der Waals surface area contributed by atoms with Crippen molar-refractivity contribution in [2.45, 2.75) is 36.4 Å². The highest BCUT2D eigenvalue weighted by atomic mass is 32.2. The number of aromatic nitrogens is 2. The molecule has 0 radical (unpaired) electrons. The molecule has 2 heterocycles. The lowest BCUT2D eigenvalue weighted by molar-refractivity contribution is 0.144. The van der Waals surface area contributed by atoms with Gasteiger partial charge in [0.25, 0.3) is 0 Å². The summed E-state index contributed by atoms with van der Waals surface area (Å²) < 4.78 is 34.2. The Morgan fingerprint density at radius 1 is 0.939 bits per heavy atom. The third kappa shape index (κ3) is 3.83. The highest BCUT2D eigenvalue weighted by molar-refractivity contribution is 7.90. The summed E-state index contributed by atoms with van der Waals surface area (Å²) >= 11 is 0. The first-order chi connectivity index (χ1) is 16.0. The van der Waals surface area contributed by atoms with Crippen LogP contribution < -0.4 is 9.46 Å². The van der Waals surface area contributed by atoms with Gasteiger partial charge in [0.05, 0.1) is 12.3 Å². The number of hydrogen-bond donors (Lipinski definition) is 2. The van der Waals surface area contributed by atoms with Gasteiger partial charge >= 0.3 is 0 Å². The van der Waals surface area contributed by atoms with Crippen LogP contribution in [0.4, 0.5) is 0 Å². The lowest BCUT2D eigenvalue weighted by Gasteiger charge is -2.37. The van der Waals surface area contributed by atoms with Crippen molar-refractivity contribution in [3.8, 4) is 5.88 Å². The molecule has 2 atom stereocenters. The first-order valence-corrected chi connectivity index (χ1v) is 12.5. The lowest BCUT2D eigenvalue weighted by atomic mass is 9.78. The Morgan fingerprint density at radius 2 is 1.42 bits per heavy atom. The van der Waals surface area contributed by atoms with Crippen molar-refractivity contribution in [3.05, 3.63) is 114 Å². The van der Waals surface area contributed by atoms with Gasteiger partial charge < -0.3 is 4.74 Å². The van der Waals surface area contributed by atoms with E-state index in [4.69, 9.17) is 9.52 Å². The van der Waals surface area contributed by atoms with E-state index in [-0.39, 0.29) is 11.0 Å². The number of benzene rings is 3. The van der Waals surface area contributed by atoms with Crippen molar-refractivity contribution in [1.29, 1.82) is 4.78 Å². The normalized spacial score (nSPS) is 17.5. The number of nitrogens with one attached hydrogen (secondary N) is 2. The molecule has 2 unspecified atom stereocenters. The summed E-state index contributed by atoms with van der Waals surface area (Å²) in [5.41, 5.74) is 1.63. The smallest absolute Gasteiger partial charge is 0.231 e. The van der Waals surface area contributed by atoms with Crippen molar-refractivity contribution in [3.63, 3.8) is 0 Å². The minimum Gasteiger partial charge on any atom is -0.474 e. The molecule has 1 aliphatic heterocycles. The third-order valence-corrected chi connectivity index (χ3v) is 7.54. The Hall–Kier alpha value is -3.42. The molecule has 168 valence electrons. The fourth-order valence-corrected chi connectivity index (χ4v) is 5.89. The second kappa shape index (κ2) is 8.50. The molecule has 7 heteroatoms. The van der Waals surface area contributed by atoms with Gasteiger partial charge in [-0.1, -0.05) is 91.0 Å². The largest absolute Gasteiger partial charge is 0.474 e. The maximum absolute atomic E-state index is 14.2. The van der Waals surface area contributed by atoms with E-state index >= 15 is 0 Å². The average molecular weight is 459 g/mol. The zero-order valence-corrected chi connectivity index (χ0v) is 19.2. The molecule has 4 aromatic rings. The molecule has 0 fully saturated rings. The lowest BCUT2D eigenvalue weighted by Crippen LogP contribution is -2.47. The van der Waals surface area contributed by atoms with Crippen LogP contribution in [0.3, 0.4) is 0 Å². The minimum absolute atomic E-state index is 0.0229. The molecule has 5 rings (SSSR count). The van der Waals surface area contributed by atoms with Crippen LogP contribution in [0.5, 0.6) is 5.88 Å². The van der Waals surface area contributed by atoms with E-state index in [1.807, 2.05) is 97.9 Å². The maximum Gasteiger partial charge on any atom is 0.231 e. The maximum atomic E-state index is 14.2. The van der Waals surface area contributed by atoms with Crippen LogP contribution in [0.2, 0.25) is 0 Å². The van der Waals surface area contributed by atoms with Gasteiger partial charge in [-0.3, -0.25) is 0 Å². The van der Waals surface area contributed by atoms with Gasteiger partial charge in [0.15, 0.2) is 0 Å². The van der Waals surface area contributed by atoms with Crippen molar-refractivity contribution in [2.24, 2.45) is 0 Å². The van der Waals surface area contributed by atoms with Crippen LogP contribution in [0.25, 0.3) is 0 Å². The molecule has 0 aliphatic carbocycles. The highest BCUT2D eigenvalue weighted by Crippen LogP contribution is 2.39. The summed E-state index contributed by atoms with van der Waals surface area (Å²) in [6.07, 6.45) is 2.30. The van der Waals surface area contributed by atoms with Gasteiger partial charge in [-0.15, -0.1) is 0 Å². The van der Waals surface area contributed by atoms with Gasteiger partial charge in [0.2, 0.25) is 5.88 Å². The first kappa shape index (κ1) is 21.4. The summed E-state index contributed by atoms with van der Waals surface area (Å²) in [5.74, 6) is 0.407. The van der Waals surface area contributed by atoms with E-state index in [1.54, 1.807) is 4.68 Å². The number of ether oxygens (including phenoxy) is 1.